The SMILES string of the molecule is COC(=O)CC(NC(=O)C1=Cc2ccccc2OC1)c1cccs1. The molecule has 0 saturated carbocycles. The van der Waals surface area contributed by atoms with Crippen molar-refractivity contribution >= 4 is 29.3 Å². The molecule has 24 heavy (non-hydrogen) atoms. The van der Waals surface area contributed by atoms with E-state index in [2.05, 4.69) is 5.32 Å². The molecule has 2 heterocycles. The Hall–Kier alpha value is -2.60. The van der Waals surface area contributed by atoms with E-state index in [0.29, 0.717) is 5.57 Å². The number of esters is 1. The Morgan fingerprint density at radius 2 is 2.12 bits per heavy atom. The van der Waals surface area contributed by atoms with Crippen LogP contribution in [0.25, 0.3) is 6.08 Å². The van der Waals surface area contributed by atoms with Crippen molar-refractivity contribution in [3.05, 3.63) is 57.8 Å². The van der Waals surface area contributed by atoms with Crippen molar-refractivity contribution in [3.8, 4) is 5.75 Å². The van der Waals surface area contributed by atoms with Crippen LogP contribution in [0.15, 0.2) is 47.4 Å². The molecule has 1 aliphatic heterocycles. The van der Waals surface area contributed by atoms with Gasteiger partial charge < -0.3 is 14.8 Å². The standard InChI is InChI=1S/C18H17NO4S/c1-22-17(20)10-14(16-7-4-8-24-16)19-18(21)13-9-12-5-2-3-6-15(12)23-11-13/h2-9,14H,10-11H2,1H3,(H,19,21). The van der Waals surface area contributed by atoms with Gasteiger partial charge >= 0.3 is 5.97 Å². The molecule has 0 bridgehead atoms. The van der Waals surface area contributed by atoms with Crippen LogP contribution in [0.3, 0.4) is 0 Å². The minimum Gasteiger partial charge on any atom is -0.488 e. The molecular formula is C18H17NO4S. The van der Waals surface area contributed by atoms with Gasteiger partial charge in [-0.2, -0.15) is 0 Å². The lowest BCUT2D eigenvalue weighted by atomic mass is 10.1. The molecule has 1 amide bonds. The number of nitrogens with one attached hydrogen (secondary N) is 1. The molecule has 1 aliphatic rings. The third-order valence-corrected chi connectivity index (χ3v) is 4.70. The second-order valence-electron chi connectivity index (χ2n) is 5.32. The van der Waals surface area contributed by atoms with Gasteiger partial charge in [-0.3, -0.25) is 9.59 Å². The first-order valence-corrected chi connectivity index (χ1v) is 8.39. The van der Waals surface area contributed by atoms with Crippen molar-refractivity contribution in [1.29, 1.82) is 0 Å². The van der Waals surface area contributed by atoms with Crippen molar-refractivity contribution in [2.75, 3.05) is 13.7 Å². The molecule has 1 unspecified atom stereocenters. The first-order chi connectivity index (χ1) is 11.7. The lowest BCUT2D eigenvalue weighted by Gasteiger charge is -2.20. The van der Waals surface area contributed by atoms with Gasteiger partial charge in [-0.1, -0.05) is 24.3 Å². The fraction of sp³-hybridized carbons (Fsp3) is 0.222. The van der Waals surface area contributed by atoms with Crippen molar-refractivity contribution in [1.82, 2.24) is 5.32 Å². The zero-order valence-electron chi connectivity index (χ0n) is 13.2. The summed E-state index contributed by atoms with van der Waals surface area (Å²) in [4.78, 5) is 25.1. The van der Waals surface area contributed by atoms with Crippen LogP contribution >= 0.6 is 11.3 Å². The number of ether oxygens (including phenoxy) is 2. The molecule has 0 spiro atoms. The maximum absolute atomic E-state index is 12.6. The third-order valence-electron chi connectivity index (χ3n) is 3.71. The number of methoxy groups -OCH3 is 1. The summed E-state index contributed by atoms with van der Waals surface area (Å²) in [6.07, 6.45) is 1.91. The zero-order valence-corrected chi connectivity index (χ0v) is 14.0. The lowest BCUT2D eigenvalue weighted by molar-refractivity contribution is -0.141. The molecule has 1 aromatic heterocycles. The number of carbonyl (C=O) groups is 2. The maximum atomic E-state index is 12.6. The summed E-state index contributed by atoms with van der Waals surface area (Å²) in [6.45, 7) is 0.207. The van der Waals surface area contributed by atoms with Gasteiger partial charge in [0, 0.05) is 10.4 Å². The molecule has 6 heteroatoms. The molecule has 0 aliphatic carbocycles. The Kier molecular flexibility index (Phi) is 4.96. The van der Waals surface area contributed by atoms with E-state index in [0.717, 1.165) is 16.2 Å². The van der Waals surface area contributed by atoms with Crippen LogP contribution in [-0.2, 0) is 14.3 Å². The molecule has 0 saturated heterocycles. The second-order valence-corrected chi connectivity index (χ2v) is 6.30. The molecule has 5 nitrogen and oxygen atoms in total. The third kappa shape index (κ3) is 3.65. The van der Waals surface area contributed by atoms with E-state index >= 15 is 0 Å². The highest BCUT2D eigenvalue weighted by Crippen LogP contribution is 2.27. The summed E-state index contributed by atoms with van der Waals surface area (Å²) in [5.74, 6) is 0.151. The summed E-state index contributed by atoms with van der Waals surface area (Å²) < 4.78 is 10.3. The van der Waals surface area contributed by atoms with Crippen molar-refractivity contribution in [3.63, 3.8) is 0 Å². The predicted molar refractivity (Wildman–Crippen MR) is 91.7 cm³/mol. The molecule has 1 N–H and O–H groups in total. The summed E-state index contributed by atoms with van der Waals surface area (Å²) in [7, 11) is 1.34. The first kappa shape index (κ1) is 16.3. The van der Waals surface area contributed by atoms with E-state index in [1.54, 1.807) is 0 Å². The number of rotatable bonds is 5. The first-order valence-electron chi connectivity index (χ1n) is 7.51. The molecule has 3 rings (SSSR count). The van der Waals surface area contributed by atoms with E-state index in [1.807, 2.05) is 47.9 Å². The Morgan fingerprint density at radius 1 is 1.29 bits per heavy atom. The molecule has 1 aromatic carbocycles. The minimum absolute atomic E-state index is 0.0908. The van der Waals surface area contributed by atoms with Crippen LogP contribution in [0.4, 0.5) is 0 Å². The van der Waals surface area contributed by atoms with Gasteiger partial charge in [0.25, 0.3) is 5.91 Å². The Labute approximate surface area is 143 Å². The van der Waals surface area contributed by atoms with E-state index in [9.17, 15) is 9.59 Å². The van der Waals surface area contributed by atoms with Crippen LogP contribution in [0.5, 0.6) is 5.75 Å². The molecule has 0 radical (unpaired) electrons. The lowest BCUT2D eigenvalue weighted by Crippen LogP contribution is -2.33. The minimum atomic E-state index is -0.414. The van der Waals surface area contributed by atoms with Crippen LogP contribution in [0.1, 0.15) is 22.9 Å². The monoisotopic (exact) mass is 343 g/mol. The van der Waals surface area contributed by atoms with Gasteiger partial charge in [-0.25, -0.2) is 0 Å². The quantitative estimate of drug-likeness (QED) is 0.848. The summed E-state index contributed by atoms with van der Waals surface area (Å²) in [6, 6.07) is 10.9. The number of para-hydroxylation sites is 1. The van der Waals surface area contributed by atoms with E-state index < -0.39 is 6.04 Å². The zero-order chi connectivity index (χ0) is 16.9. The average molecular weight is 343 g/mol. The smallest absolute Gasteiger partial charge is 0.307 e. The number of hydrogen-bond donors (Lipinski definition) is 1. The highest BCUT2D eigenvalue weighted by atomic mass is 32.1. The van der Waals surface area contributed by atoms with Crippen LogP contribution < -0.4 is 10.1 Å². The predicted octanol–water partition coefficient (Wildman–Crippen LogP) is 2.94. The second kappa shape index (κ2) is 7.31. The topological polar surface area (TPSA) is 64.6 Å². The highest BCUT2D eigenvalue weighted by molar-refractivity contribution is 7.10. The summed E-state index contributed by atoms with van der Waals surface area (Å²) in [5, 5.41) is 4.82. The summed E-state index contributed by atoms with van der Waals surface area (Å²) in [5.41, 5.74) is 1.40. The highest BCUT2D eigenvalue weighted by Gasteiger charge is 2.23. The number of hydrogen-bond acceptors (Lipinski definition) is 5. The normalized spacial score (nSPS) is 14.0. The van der Waals surface area contributed by atoms with Crippen LogP contribution in [0, 0.1) is 0 Å². The van der Waals surface area contributed by atoms with E-state index in [-0.39, 0.29) is 24.9 Å². The molecular weight excluding hydrogens is 326 g/mol. The Bertz CT molecular complexity index is 767. The fourth-order valence-electron chi connectivity index (χ4n) is 2.46. The maximum Gasteiger partial charge on any atom is 0.307 e. The largest absolute Gasteiger partial charge is 0.488 e. The van der Waals surface area contributed by atoms with Crippen LogP contribution in [0.2, 0.25) is 0 Å². The molecule has 2 aromatic rings. The fourth-order valence-corrected chi connectivity index (χ4v) is 3.24. The van der Waals surface area contributed by atoms with E-state index in [1.165, 1.54) is 18.4 Å². The number of amides is 1. The van der Waals surface area contributed by atoms with E-state index in [4.69, 9.17) is 9.47 Å². The van der Waals surface area contributed by atoms with Crippen molar-refractivity contribution in [2.45, 2.75) is 12.5 Å². The van der Waals surface area contributed by atoms with Gasteiger partial charge in [0.15, 0.2) is 0 Å². The number of carbonyl (C=O) groups excluding carboxylic acids is 2. The van der Waals surface area contributed by atoms with Crippen molar-refractivity contribution < 1.29 is 19.1 Å². The Morgan fingerprint density at radius 3 is 2.88 bits per heavy atom. The Balaban J connectivity index is 1.76. The number of fused-ring (bicyclic) bond motifs is 1. The van der Waals surface area contributed by atoms with Gasteiger partial charge in [0.2, 0.25) is 0 Å². The van der Waals surface area contributed by atoms with Gasteiger partial charge in [-0.15, -0.1) is 11.3 Å². The number of thiophene rings is 1. The summed E-state index contributed by atoms with van der Waals surface area (Å²) >= 11 is 1.49. The molecule has 124 valence electrons. The number of benzene rings is 1. The molecule has 0 fully saturated rings. The van der Waals surface area contributed by atoms with Gasteiger partial charge in [-0.05, 0) is 23.6 Å². The average Bonchev–Trinajstić information content (AvgIpc) is 3.15. The van der Waals surface area contributed by atoms with Crippen molar-refractivity contribution in [2.24, 2.45) is 0 Å². The van der Waals surface area contributed by atoms with Gasteiger partial charge in [0.05, 0.1) is 25.1 Å². The van der Waals surface area contributed by atoms with Gasteiger partial charge in [0.1, 0.15) is 12.4 Å². The van der Waals surface area contributed by atoms with Crippen LogP contribution in [-0.4, -0.2) is 25.6 Å². The molecule has 1 atom stereocenters.